The minimum Gasteiger partial charge on any atom is -0.381 e. The number of aryl methyl sites for hydroxylation is 1. The third-order valence-electron chi connectivity index (χ3n) is 4.62. The molecule has 3 rings (SSSR count). The maximum Gasteiger partial charge on any atom is 0.0534 e. The van der Waals surface area contributed by atoms with Crippen LogP contribution in [0.15, 0.2) is 24.3 Å². The molecule has 1 aliphatic heterocycles. The topological polar surface area (TPSA) is 21.3 Å². The monoisotopic (exact) mass is 259 g/mol. The smallest absolute Gasteiger partial charge is 0.0534 e. The van der Waals surface area contributed by atoms with Crippen molar-refractivity contribution in [2.75, 3.05) is 26.3 Å². The lowest BCUT2D eigenvalue weighted by atomic mass is 9.83. The fraction of sp³-hybridized carbons (Fsp3) is 0.647. The zero-order valence-electron chi connectivity index (χ0n) is 11.7. The number of rotatable bonds is 4. The van der Waals surface area contributed by atoms with E-state index in [1.54, 1.807) is 11.1 Å². The molecule has 1 heterocycles. The van der Waals surface area contributed by atoms with Gasteiger partial charge in [-0.05, 0) is 62.2 Å². The lowest BCUT2D eigenvalue weighted by Crippen LogP contribution is -2.30. The van der Waals surface area contributed by atoms with Gasteiger partial charge in [-0.1, -0.05) is 24.3 Å². The number of piperidine rings is 1. The molecule has 0 saturated carbocycles. The molecular weight excluding hydrogens is 234 g/mol. The molecule has 104 valence electrons. The van der Waals surface area contributed by atoms with E-state index in [0.717, 1.165) is 19.1 Å². The van der Waals surface area contributed by atoms with E-state index in [0.29, 0.717) is 5.92 Å². The summed E-state index contributed by atoms with van der Waals surface area (Å²) in [7, 11) is 0. The van der Waals surface area contributed by atoms with Gasteiger partial charge in [0.05, 0.1) is 6.61 Å². The summed E-state index contributed by atoms with van der Waals surface area (Å²) >= 11 is 0. The van der Waals surface area contributed by atoms with Crippen molar-refractivity contribution < 1.29 is 4.74 Å². The molecule has 1 atom stereocenters. The van der Waals surface area contributed by atoms with Gasteiger partial charge in [0.2, 0.25) is 0 Å². The predicted molar refractivity (Wildman–Crippen MR) is 78.5 cm³/mol. The average molecular weight is 259 g/mol. The average Bonchev–Trinajstić information content (AvgIpc) is 2.49. The van der Waals surface area contributed by atoms with Gasteiger partial charge in [-0.15, -0.1) is 0 Å². The van der Waals surface area contributed by atoms with Crippen molar-refractivity contribution in [3.8, 4) is 0 Å². The van der Waals surface area contributed by atoms with E-state index in [9.17, 15) is 0 Å². The Balaban J connectivity index is 1.50. The standard InChI is InChI=1S/C17H25NO/c1-2-7-17-15(4-1)5-3-6-16(17)13-19-12-14-8-10-18-11-9-14/h1-2,4,7,14,16,18H,3,5-6,8-13H2. The first-order valence-corrected chi connectivity index (χ1v) is 7.80. The highest BCUT2D eigenvalue weighted by Crippen LogP contribution is 2.31. The van der Waals surface area contributed by atoms with Crippen LogP contribution in [0.3, 0.4) is 0 Å². The zero-order chi connectivity index (χ0) is 12.9. The van der Waals surface area contributed by atoms with Gasteiger partial charge in [0.15, 0.2) is 0 Å². The second kappa shape index (κ2) is 6.53. The Labute approximate surface area is 116 Å². The summed E-state index contributed by atoms with van der Waals surface area (Å²) in [5.41, 5.74) is 3.09. The Morgan fingerprint density at radius 1 is 1.05 bits per heavy atom. The largest absolute Gasteiger partial charge is 0.381 e. The van der Waals surface area contributed by atoms with Crippen molar-refractivity contribution in [1.82, 2.24) is 5.32 Å². The first-order valence-electron chi connectivity index (χ1n) is 7.80. The third kappa shape index (κ3) is 3.37. The second-order valence-electron chi connectivity index (χ2n) is 6.02. The first kappa shape index (κ1) is 13.1. The highest BCUT2D eigenvalue weighted by atomic mass is 16.5. The van der Waals surface area contributed by atoms with Crippen molar-refractivity contribution in [3.63, 3.8) is 0 Å². The highest BCUT2D eigenvalue weighted by Gasteiger charge is 2.20. The van der Waals surface area contributed by atoms with Crippen LogP contribution in [-0.2, 0) is 11.2 Å². The quantitative estimate of drug-likeness (QED) is 0.897. The SMILES string of the molecule is c1ccc2c(c1)CCCC2COCC1CCNCC1. The van der Waals surface area contributed by atoms with Gasteiger partial charge >= 0.3 is 0 Å². The molecule has 0 spiro atoms. The van der Waals surface area contributed by atoms with Crippen LogP contribution in [-0.4, -0.2) is 26.3 Å². The van der Waals surface area contributed by atoms with Crippen LogP contribution in [0.25, 0.3) is 0 Å². The molecular formula is C17H25NO. The normalized spacial score (nSPS) is 24.1. The van der Waals surface area contributed by atoms with Crippen LogP contribution in [0.4, 0.5) is 0 Å². The third-order valence-corrected chi connectivity index (χ3v) is 4.62. The van der Waals surface area contributed by atoms with E-state index >= 15 is 0 Å². The summed E-state index contributed by atoms with van der Waals surface area (Å²) in [6, 6.07) is 8.92. The van der Waals surface area contributed by atoms with Crippen LogP contribution >= 0.6 is 0 Å². The van der Waals surface area contributed by atoms with E-state index in [2.05, 4.69) is 29.6 Å². The minimum absolute atomic E-state index is 0.631. The maximum absolute atomic E-state index is 6.04. The van der Waals surface area contributed by atoms with Crippen molar-refractivity contribution in [3.05, 3.63) is 35.4 Å². The van der Waals surface area contributed by atoms with E-state index < -0.39 is 0 Å². The minimum atomic E-state index is 0.631. The molecule has 1 fully saturated rings. The molecule has 2 heteroatoms. The van der Waals surface area contributed by atoms with Crippen LogP contribution < -0.4 is 5.32 Å². The molecule has 2 nitrogen and oxygen atoms in total. The molecule has 0 radical (unpaired) electrons. The molecule has 0 aromatic heterocycles. The van der Waals surface area contributed by atoms with E-state index in [4.69, 9.17) is 4.74 Å². The Morgan fingerprint density at radius 2 is 1.89 bits per heavy atom. The number of nitrogens with one attached hydrogen (secondary N) is 1. The fourth-order valence-corrected chi connectivity index (χ4v) is 3.45. The van der Waals surface area contributed by atoms with Gasteiger partial charge in [-0.3, -0.25) is 0 Å². The summed E-state index contributed by atoms with van der Waals surface area (Å²) in [6.45, 7) is 4.21. The molecule has 2 aliphatic rings. The molecule has 0 bridgehead atoms. The highest BCUT2D eigenvalue weighted by molar-refractivity contribution is 5.32. The van der Waals surface area contributed by atoms with Gasteiger partial charge in [0.1, 0.15) is 0 Å². The van der Waals surface area contributed by atoms with Crippen molar-refractivity contribution >= 4 is 0 Å². The molecule has 0 amide bonds. The summed E-state index contributed by atoms with van der Waals surface area (Å²) in [6.07, 6.45) is 6.42. The van der Waals surface area contributed by atoms with Crippen molar-refractivity contribution in [2.24, 2.45) is 5.92 Å². The first-order chi connectivity index (χ1) is 9.43. The number of benzene rings is 1. The molecule has 1 aliphatic carbocycles. The fourth-order valence-electron chi connectivity index (χ4n) is 3.45. The summed E-state index contributed by atoms with van der Waals surface area (Å²) in [5.74, 6) is 1.41. The summed E-state index contributed by atoms with van der Waals surface area (Å²) < 4.78 is 6.04. The molecule has 19 heavy (non-hydrogen) atoms. The Morgan fingerprint density at radius 3 is 2.79 bits per heavy atom. The van der Waals surface area contributed by atoms with Crippen LogP contribution in [0.2, 0.25) is 0 Å². The number of hydrogen-bond donors (Lipinski definition) is 1. The second-order valence-corrected chi connectivity index (χ2v) is 6.02. The number of fused-ring (bicyclic) bond motifs is 1. The Hall–Kier alpha value is -0.860. The molecule has 1 unspecified atom stereocenters. The Bertz CT molecular complexity index is 398. The van der Waals surface area contributed by atoms with Crippen LogP contribution in [0.1, 0.15) is 42.7 Å². The van der Waals surface area contributed by atoms with Crippen molar-refractivity contribution in [1.29, 1.82) is 0 Å². The van der Waals surface area contributed by atoms with Crippen molar-refractivity contribution in [2.45, 2.75) is 38.0 Å². The number of hydrogen-bond acceptors (Lipinski definition) is 2. The van der Waals surface area contributed by atoms with Gasteiger partial charge in [0, 0.05) is 12.5 Å². The van der Waals surface area contributed by atoms with Gasteiger partial charge < -0.3 is 10.1 Å². The Kier molecular flexibility index (Phi) is 4.52. The van der Waals surface area contributed by atoms with E-state index in [-0.39, 0.29) is 0 Å². The van der Waals surface area contributed by atoms with Gasteiger partial charge in [-0.2, -0.15) is 0 Å². The molecule has 1 N–H and O–H groups in total. The van der Waals surface area contributed by atoms with Crippen LogP contribution in [0, 0.1) is 5.92 Å². The van der Waals surface area contributed by atoms with Crippen LogP contribution in [0.5, 0.6) is 0 Å². The summed E-state index contributed by atoms with van der Waals surface area (Å²) in [4.78, 5) is 0. The molecule has 1 aromatic carbocycles. The maximum atomic E-state index is 6.04. The zero-order valence-corrected chi connectivity index (χ0v) is 11.7. The number of ether oxygens (including phenoxy) is 1. The molecule has 1 saturated heterocycles. The lowest BCUT2D eigenvalue weighted by Gasteiger charge is -2.27. The lowest BCUT2D eigenvalue weighted by molar-refractivity contribution is 0.0744. The van der Waals surface area contributed by atoms with Gasteiger partial charge in [-0.25, -0.2) is 0 Å². The summed E-state index contributed by atoms with van der Waals surface area (Å²) in [5, 5.41) is 3.41. The van der Waals surface area contributed by atoms with E-state index in [1.165, 1.54) is 45.2 Å². The van der Waals surface area contributed by atoms with Gasteiger partial charge in [0.25, 0.3) is 0 Å². The van der Waals surface area contributed by atoms with E-state index in [1.807, 2.05) is 0 Å². The predicted octanol–water partition coefficient (Wildman–Crippen LogP) is 3.12. The molecule has 1 aromatic rings.